The molecule has 1 unspecified atom stereocenters. The van der Waals surface area contributed by atoms with E-state index < -0.39 is 10.8 Å². The molecule has 1 fully saturated rings. The van der Waals surface area contributed by atoms with Gasteiger partial charge in [0.25, 0.3) is 11.6 Å². The molecule has 1 heterocycles. The molecule has 3 rings (SSSR count). The molecule has 2 aromatic carbocycles. The van der Waals surface area contributed by atoms with Crippen LogP contribution in [0.4, 0.5) is 5.69 Å². The maximum atomic E-state index is 12.4. The van der Waals surface area contributed by atoms with Crippen molar-refractivity contribution in [1.82, 2.24) is 10.2 Å². The van der Waals surface area contributed by atoms with Crippen LogP contribution in [0.2, 0.25) is 5.02 Å². The SMILES string of the molecule is O=C(NC1CCN(Cc2ccccc2)C1)c1ccc(Cl)cc1[N+](=O)[O-]. The quantitative estimate of drug-likeness (QED) is 0.656. The minimum atomic E-state index is -0.586. The Bertz CT molecular complexity index is 782. The number of hydrogen-bond acceptors (Lipinski definition) is 4. The largest absolute Gasteiger partial charge is 0.348 e. The summed E-state index contributed by atoms with van der Waals surface area (Å²) in [6.45, 7) is 2.43. The molecule has 0 saturated carbocycles. The molecule has 1 amide bonds. The number of amides is 1. The number of nitrogens with one attached hydrogen (secondary N) is 1. The molecular weight excluding hydrogens is 342 g/mol. The lowest BCUT2D eigenvalue weighted by Gasteiger charge is -2.17. The molecule has 1 atom stereocenters. The minimum Gasteiger partial charge on any atom is -0.348 e. The van der Waals surface area contributed by atoms with Crippen molar-refractivity contribution in [2.24, 2.45) is 0 Å². The molecule has 6 nitrogen and oxygen atoms in total. The second-order valence-electron chi connectivity index (χ2n) is 6.10. The topological polar surface area (TPSA) is 75.5 Å². The number of carbonyl (C=O) groups is 1. The summed E-state index contributed by atoms with van der Waals surface area (Å²) >= 11 is 5.79. The van der Waals surface area contributed by atoms with Gasteiger partial charge in [-0.05, 0) is 24.1 Å². The highest BCUT2D eigenvalue weighted by Gasteiger charge is 2.27. The van der Waals surface area contributed by atoms with Crippen LogP contribution in [0.25, 0.3) is 0 Å². The molecule has 1 aliphatic rings. The molecule has 1 aliphatic heterocycles. The summed E-state index contributed by atoms with van der Waals surface area (Å²) in [4.78, 5) is 25.2. The highest BCUT2D eigenvalue weighted by Crippen LogP contribution is 2.23. The number of rotatable bonds is 5. The predicted octanol–water partition coefficient (Wildman–Crippen LogP) is 3.25. The normalized spacial score (nSPS) is 17.4. The van der Waals surface area contributed by atoms with Crippen LogP contribution in [0.3, 0.4) is 0 Å². The fraction of sp³-hybridized carbons (Fsp3) is 0.278. The Balaban J connectivity index is 1.62. The van der Waals surface area contributed by atoms with Gasteiger partial charge in [-0.25, -0.2) is 0 Å². The Morgan fingerprint density at radius 2 is 2.04 bits per heavy atom. The van der Waals surface area contributed by atoms with Gasteiger partial charge < -0.3 is 5.32 Å². The van der Waals surface area contributed by atoms with Gasteiger partial charge in [-0.15, -0.1) is 0 Å². The summed E-state index contributed by atoms with van der Waals surface area (Å²) in [5.74, 6) is -0.435. The number of likely N-dealkylation sites (tertiary alicyclic amines) is 1. The van der Waals surface area contributed by atoms with Gasteiger partial charge in [0.1, 0.15) is 5.56 Å². The smallest absolute Gasteiger partial charge is 0.283 e. The number of nitro groups is 1. The van der Waals surface area contributed by atoms with Crippen LogP contribution in [0.5, 0.6) is 0 Å². The van der Waals surface area contributed by atoms with Crippen molar-refractivity contribution in [3.8, 4) is 0 Å². The highest BCUT2D eigenvalue weighted by atomic mass is 35.5. The van der Waals surface area contributed by atoms with Crippen LogP contribution in [0, 0.1) is 10.1 Å². The standard InChI is InChI=1S/C18H18ClN3O3/c19-14-6-7-16(17(10-14)22(24)25)18(23)20-15-8-9-21(12-15)11-13-4-2-1-3-5-13/h1-7,10,15H,8-9,11-12H2,(H,20,23). The van der Waals surface area contributed by atoms with Crippen molar-refractivity contribution in [3.05, 3.63) is 74.8 Å². The molecule has 2 aromatic rings. The van der Waals surface area contributed by atoms with Crippen molar-refractivity contribution >= 4 is 23.2 Å². The minimum absolute atomic E-state index is 0.0218. The zero-order valence-corrected chi connectivity index (χ0v) is 14.3. The number of nitro benzene ring substituents is 1. The first kappa shape index (κ1) is 17.4. The Morgan fingerprint density at radius 3 is 2.76 bits per heavy atom. The fourth-order valence-corrected chi connectivity index (χ4v) is 3.21. The molecule has 7 heteroatoms. The first-order valence-electron chi connectivity index (χ1n) is 8.04. The first-order chi connectivity index (χ1) is 12.0. The molecule has 0 radical (unpaired) electrons. The second kappa shape index (κ2) is 7.63. The lowest BCUT2D eigenvalue weighted by molar-refractivity contribution is -0.385. The summed E-state index contributed by atoms with van der Waals surface area (Å²) in [5.41, 5.74) is 0.989. The van der Waals surface area contributed by atoms with E-state index in [1.807, 2.05) is 18.2 Å². The number of benzene rings is 2. The van der Waals surface area contributed by atoms with E-state index in [9.17, 15) is 14.9 Å². The Hall–Kier alpha value is -2.44. The summed E-state index contributed by atoms with van der Waals surface area (Å²) in [6.07, 6.45) is 0.819. The molecule has 1 N–H and O–H groups in total. The number of hydrogen-bond donors (Lipinski definition) is 1. The van der Waals surface area contributed by atoms with Gasteiger partial charge in [0.15, 0.2) is 0 Å². The van der Waals surface area contributed by atoms with Gasteiger partial charge in [0.05, 0.1) is 4.92 Å². The van der Waals surface area contributed by atoms with Crippen molar-refractivity contribution in [2.45, 2.75) is 19.0 Å². The van der Waals surface area contributed by atoms with Crippen LogP contribution in [-0.2, 0) is 6.54 Å². The molecule has 1 saturated heterocycles. The zero-order valence-electron chi connectivity index (χ0n) is 13.5. The van der Waals surface area contributed by atoms with E-state index in [4.69, 9.17) is 11.6 Å². The van der Waals surface area contributed by atoms with E-state index >= 15 is 0 Å². The summed E-state index contributed by atoms with van der Waals surface area (Å²) in [6, 6.07) is 14.2. The average Bonchev–Trinajstić information content (AvgIpc) is 3.02. The van der Waals surface area contributed by atoms with Crippen LogP contribution >= 0.6 is 11.6 Å². The first-order valence-corrected chi connectivity index (χ1v) is 8.42. The lowest BCUT2D eigenvalue weighted by atomic mass is 10.1. The third-order valence-corrected chi connectivity index (χ3v) is 4.49. The molecule has 0 bridgehead atoms. The Morgan fingerprint density at radius 1 is 1.28 bits per heavy atom. The van der Waals surface area contributed by atoms with Crippen LogP contribution in [0.1, 0.15) is 22.3 Å². The van der Waals surface area contributed by atoms with Crippen molar-refractivity contribution in [1.29, 1.82) is 0 Å². The van der Waals surface area contributed by atoms with Gasteiger partial charge in [-0.3, -0.25) is 19.8 Å². The number of carbonyl (C=O) groups excluding carboxylic acids is 1. The third-order valence-electron chi connectivity index (χ3n) is 4.26. The Kier molecular flexibility index (Phi) is 5.31. The van der Waals surface area contributed by atoms with E-state index in [0.29, 0.717) is 0 Å². The average molecular weight is 360 g/mol. The number of halogens is 1. The third kappa shape index (κ3) is 4.35. The van der Waals surface area contributed by atoms with Crippen molar-refractivity contribution in [3.63, 3.8) is 0 Å². The predicted molar refractivity (Wildman–Crippen MR) is 95.7 cm³/mol. The molecule has 0 aliphatic carbocycles. The summed E-state index contributed by atoms with van der Waals surface area (Å²) in [7, 11) is 0. The summed E-state index contributed by atoms with van der Waals surface area (Å²) < 4.78 is 0. The van der Waals surface area contributed by atoms with Gasteiger partial charge in [0.2, 0.25) is 0 Å². The van der Waals surface area contributed by atoms with Crippen LogP contribution in [-0.4, -0.2) is 34.9 Å². The maximum Gasteiger partial charge on any atom is 0.283 e. The van der Waals surface area contributed by atoms with Gasteiger partial charge in [-0.1, -0.05) is 41.9 Å². The van der Waals surface area contributed by atoms with E-state index in [1.165, 1.54) is 23.8 Å². The van der Waals surface area contributed by atoms with E-state index in [2.05, 4.69) is 22.3 Å². The molecule has 25 heavy (non-hydrogen) atoms. The Labute approximate surface area is 150 Å². The monoisotopic (exact) mass is 359 g/mol. The fourth-order valence-electron chi connectivity index (χ4n) is 3.05. The number of nitrogens with zero attached hydrogens (tertiary/aromatic N) is 2. The molecule has 130 valence electrons. The highest BCUT2D eigenvalue weighted by molar-refractivity contribution is 6.31. The molecule has 0 spiro atoms. The zero-order chi connectivity index (χ0) is 17.8. The van der Waals surface area contributed by atoms with Crippen LogP contribution < -0.4 is 5.32 Å². The molecule has 0 aromatic heterocycles. The van der Waals surface area contributed by atoms with Gasteiger partial charge in [0, 0.05) is 36.8 Å². The lowest BCUT2D eigenvalue weighted by Crippen LogP contribution is -2.37. The maximum absolute atomic E-state index is 12.4. The van der Waals surface area contributed by atoms with E-state index in [1.54, 1.807) is 0 Å². The van der Waals surface area contributed by atoms with Crippen molar-refractivity contribution < 1.29 is 9.72 Å². The van der Waals surface area contributed by atoms with Crippen LogP contribution in [0.15, 0.2) is 48.5 Å². The van der Waals surface area contributed by atoms with Gasteiger partial charge in [-0.2, -0.15) is 0 Å². The second-order valence-corrected chi connectivity index (χ2v) is 6.53. The van der Waals surface area contributed by atoms with E-state index in [-0.39, 0.29) is 22.3 Å². The van der Waals surface area contributed by atoms with Crippen molar-refractivity contribution in [2.75, 3.05) is 13.1 Å². The summed E-state index contributed by atoms with van der Waals surface area (Å²) in [5, 5.41) is 14.3. The van der Waals surface area contributed by atoms with Gasteiger partial charge >= 0.3 is 0 Å². The molecular formula is C18H18ClN3O3. The van der Waals surface area contributed by atoms with E-state index in [0.717, 1.165) is 26.1 Å².